The first-order chi connectivity index (χ1) is 10.1. The van der Waals surface area contributed by atoms with Crippen LogP contribution in [0.5, 0.6) is 0 Å². The molecular formula is C14H23N3O3S. The minimum atomic E-state index is -0.499. The Morgan fingerprint density at radius 3 is 2.57 bits per heavy atom. The van der Waals surface area contributed by atoms with E-state index >= 15 is 0 Å². The van der Waals surface area contributed by atoms with E-state index in [-0.39, 0.29) is 23.8 Å². The summed E-state index contributed by atoms with van der Waals surface area (Å²) in [5, 5.41) is 6.46. The lowest BCUT2D eigenvalue weighted by Crippen LogP contribution is -2.22. The molecule has 1 aromatic heterocycles. The van der Waals surface area contributed by atoms with Gasteiger partial charge in [-0.15, -0.1) is 11.3 Å². The van der Waals surface area contributed by atoms with Gasteiger partial charge < -0.3 is 21.1 Å². The molecule has 4 N–H and O–H groups in total. The molecule has 0 fully saturated rings. The van der Waals surface area contributed by atoms with Crippen LogP contribution in [-0.4, -0.2) is 31.6 Å². The molecule has 6 nitrogen and oxygen atoms in total. The quantitative estimate of drug-likeness (QED) is 0.506. The van der Waals surface area contributed by atoms with Gasteiger partial charge in [0.25, 0.3) is 5.91 Å². The first kappa shape index (κ1) is 17.3. The maximum atomic E-state index is 12.0. The van der Waals surface area contributed by atoms with Gasteiger partial charge in [0.05, 0.1) is 12.3 Å². The maximum absolute atomic E-state index is 12.0. The number of amides is 1. The number of nitrogen functional groups attached to an aromatic ring is 1. The lowest BCUT2D eigenvalue weighted by molar-refractivity contribution is 0.0529. The Hall–Kier alpha value is -1.76. The number of nitrogens with one attached hydrogen (secondary N) is 2. The van der Waals surface area contributed by atoms with E-state index < -0.39 is 5.97 Å². The maximum Gasteiger partial charge on any atom is 0.343 e. The fraction of sp³-hybridized carbons (Fsp3) is 0.571. The monoisotopic (exact) mass is 313 g/mol. The molecule has 1 heterocycles. The molecule has 0 spiro atoms. The molecule has 0 radical (unpaired) electrons. The van der Waals surface area contributed by atoms with Gasteiger partial charge in [0.2, 0.25) is 0 Å². The van der Waals surface area contributed by atoms with Gasteiger partial charge >= 0.3 is 5.97 Å². The fourth-order valence-electron chi connectivity index (χ4n) is 1.76. The highest BCUT2D eigenvalue weighted by molar-refractivity contribution is 7.19. The van der Waals surface area contributed by atoms with Crippen molar-refractivity contribution in [1.82, 2.24) is 5.32 Å². The van der Waals surface area contributed by atoms with E-state index in [0.717, 1.165) is 19.4 Å². The Kier molecular flexibility index (Phi) is 7.01. The van der Waals surface area contributed by atoms with Crippen LogP contribution in [0.25, 0.3) is 0 Å². The number of unbranched alkanes of at least 4 members (excludes halogenated alkanes) is 1. The van der Waals surface area contributed by atoms with E-state index in [4.69, 9.17) is 10.5 Å². The summed E-state index contributed by atoms with van der Waals surface area (Å²) in [6.07, 6.45) is 2.00. The molecule has 0 saturated heterocycles. The first-order valence-corrected chi connectivity index (χ1v) is 7.99. The van der Waals surface area contributed by atoms with Crippen LogP contribution in [0.4, 0.5) is 10.7 Å². The van der Waals surface area contributed by atoms with E-state index in [9.17, 15) is 9.59 Å². The molecule has 118 valence electrons. The van der Waals surface area contributed by atoms with Gasteiger partial charge in [-0.25, -0.2) is 4.79 Å². The Morgan fingerprint density at radius 1 is 1.29 bits per heavy atom. The molecule has 1 rings (SSSR count). The molecule has 0 aliphatic carbocycles. The molecule has 7 heteroatoms. The molecule has 21 heavy (non-hydrogen) atoms. The van der Waals surface area contributed by atoms with Crippen molar-refractivity contribution >= 4 is 33.9 Å². The van der Waals surface area contributed by atoms with Crippen LogP contribution in [0, 0.1) is 0 Å². The number of anilines is 2. The van der Waals surface area contributed by atoms with Gasteiger partial charge in [0.1, 0.15) is 15.4 Å². The summed E-state index contributed by atoms with van der Waals surface area (Å²) in [7, 11) is 0. The Balaban J connectivity index is 3.10. The predicted molar refractivity (Wildman–Crippen MR) is 86.1 cm³/mol. The van der Waals surface area contributed by atoms with Gasteiger partial charge in [-0.2, -0.15) is 0 Å². The largest absolute Gasteiger partial charge is 0.462 e. The smallest absolute Gasteiger partial charge is 0.343 e. The van der Waals surface area contributed by atoms with Gasteiger partial charge in [-0.3, -0.25) is 4.79 Å². The average molecular weight is 313 g/mol. The van der Waals surface area contributed by atoms with Crippen molar-refractivity contribution in [3.05, 3.63) is 10.4 Å². The van der Waals surface area contributed by atoms with Crippen LogP contribution in [0.2, 0.25) is 0 Å². The molecular weight excluding hydrogens is 290 g/mol. The van der Waals surface area contributed by atoms with Gasteiger partial charge in [-0.05, 0) is 20.3 Å². The van der Waals surface area contributed by atoms with Crippen LogP contribution in [0.15, 0.2) is 0 Å². The summed E-state index contributed by atoms with van der Waals surface area (Å²) in [4.78, 5) is 24.4. The normalized spacial score (nSPS) is 10.2. The van der Waals surface area contributed by atoms with Crippen molar-refractivity contribution in [2.75, 3.05) is 30.7 Å². The summed E-state index contributed by atoms with van der Waals surface area (Å²) in [6.45, 7) is 7.13. The van der Waals surface area contributed by atoms with E-state index in [1.165, 1.54) is 11.3 Å². The molecule has 0 aliphatic heterocycles. The van der Waals surface area contributed by atoms with Crippen LogP contribution in [-0.2, 0) is 4.74 Å². The standard InChI is InChI=1S/C14H23N3O3S/c1-4-7-8-17-13-9(14(19)20-6-3)10(15)11(21-13)12(18)16-5-2/h17H,4-8,15H2,1-3H3,(H,16,18). The number of rotatable bonds is 8. The van der Waals surface area contributed by atoms with Gasteiger partial charge in [0, 0.05) is 13.1 Å². The first-order valence-electron chi connectivity index (χ1n) is 7.18. The summed E-state index contributed by atoms with van der Waals surface area (Å²) in [6, 6.07) is 0. The van der Waals surface area contributed by atoms with Crippen molar-refractivity contribution in [3.8, 4) is 0 Å². The lowest BCUT2D eigenvalue weighted by Gasteiger charge is -2.06. The SMILES string of the molecule is CCCCNc1sc(C(=O)NCC)c(N)c1C(=O)OCC. The highest BCUT2D eigenvalue weighted by Gasteiger charge is 2.26. The van der Waals surface area contributed by atoms with Crippen LogP contribution < -0.4 is 16.4 Å². The highest BCUT2D eigenvalue weighted by atomic mass is 32.1. The third-order valence-corrected chi connectivity index (χ3v) is 3.95. The molecule has 0 aromatic carbocycles. The number of ether oxygens (including phenoxy) is 1. The topological polar surface area (TPSA) is 93.5 Å². The third-order valence-electron chi connectivity index (χ3n) is 2.78. The molecule has 0 saturated carbocycles. The number of nitrogens with two attached hydrogens (primary N) is 1. The summed E-state index contributed by atoms with van der Waals surface area (Å²) in [5.74, 6) is -0.769. The number of esters is 1. The molecule has 1 aromatic rings. The fourth-order valence-corrected chi connectivity index (χ4v) is 2.81. The molecule has 0 bridgehead atoms. The van der Waals surface area contributed by atoms with E-state index in [0.29, 0.717) is 16.4 Å². The second-order valence-corrected chi connectivity index (χ2v) is 5.43. The minimum Gasteiger partial charge on any atom is -0.462 e. The zero-order valence-electron chi connectivity index (χ0n) is 12.7. The Labute approximate surface area is 129 Å². The van der Waals surface area contributed by atoms with Crippen molar-refractivity contribution in [2.45, 2.75) is 33.6 Å². The lowest BCUT2D eigenvalue weighted by atomic mass is 10.2. The second kappa shape index (κ2) is 8.51. The minimum absolute atomic E-state index is 0.184. The van der Waals surface area contributed by atoms with Gasteiger partial charge in [-0.1, -0.05) is 13.3 Å². The second-order valence-electron chi connectivity index (χ2n) is 4.41. The van der Waals surface area contributed by atoms with Crippen molar-refractivity contribution < 1.29 is 14.3 Å². The zero-order chi connectivity index (χ0) is 15.8. The highest BCUT2D eigenvalue weighted by Crippen LogP contribution is 2.36. The average Bonchev–Trinajstić information content (AvgIpc) is 2.77. The predicted octanol–water partition coefficient (Wildman–Crippen LogP) is 2.47. The van der Waals surface area contributed by atoms with Crippen LogP contribution in [0.1, 0.15) is 53.6 Å². The van der Waals surface area contributed by atoms with Gasteiger partial charge in [0.15, 0.2) is 0 Å². The van der Waals surface area contributed by atoms with Crippen LogP contribution in [0.3, 0.4) is 0 Å². The summed E-state index contributed by atoms with van der Waals surface area (Å²) in [5.41, 5.74) is 6.43. The molecule has 0 atom stereocenters. The summed E-state index contributed by atoms with van der Waals surface area (Å²) < 4.78 is 5.02. The summed E-state index contributed by atoms with van der Waals surface area (Å²) >= 11 is 1.19. The van der Waals surface area contributed by atoms with Crippen LogP contribution >= 0.6 is 11.3 Å². The molecule has 1 amide bonds. The zero-order valence-corrected chi connectivity index (χ0v) is 13.6. The number of hydrogen-bond acceptors (Lipinski definition) is 6. The van der Waals surface area contributed by atoms with Crippen molar-refractivity contribution in [1.29, 1.82) is 0 Å². The molecule has 0 unspecified atom stereocenters. The van der Waals surface area contributed by atoms with Crippen molar-refractivity contribution in [2.24, 2.45) is 0 Å². The van der Waals surface area contributed by atoms with E-state index in [2.05, 4.69) is 17.6 Å². The molecule has 0 aliphatic rings. The Bertz CT molecular complexity index is 500. The Morgan fingerprint density at radius 2 is 2.00 bits per heavy atom. The van der Waals surface area contributed by atoms with E-state index in [1.807, 2.05) is 6.92 Å². The number of thiophene rings is 1. The number of carbonyl (C=O) groups is 2. The van der Waals surface area contributed by atoms with Crippen molar-refractivity contribution in [3.63, 3.8) is 0 Å². The van der Waals surface area contributed by atoms with E-state index in [1.54, 1.807) is 6.92 Å². The third kappa shape index (κ3) is 4.35. The number of carbonyl (C=O) groups excluding carboxylic acids is 2. The number of hydrogen-bond donors (Lipinski definition) is 3.